The first-order chi connectivity index (χ1) is 8.77. The molecule has 1 heteroatoms. The normalized spacial score (nSPS) is 10.7. The molecule has 0 bridgehead atoms. The van der Waals surface area contributed by atoms with Crippen LogP contribution in [0, 0.1) is 0 Å². The highest BCUT2D eigenvalue weighted by Crippen LogP contribution is 2.19. The molecule has 2 aromatic carbocycles. The highest BCUT2D eigenvalue weighted by molar-refractivity contribution is 6.21. The number of allylic oxidation sites excluding steroid dienone is 1. The molecule has 0 aliphatic heterocycles. The monoisotopic (exact) mass is 256 g/mol. The maximum Gasteiger partial charge on any atom is 0.0763 e. The lowest BCUT2D eigenvalue weighted by Gasteiger charge is -2.01. The Morgan fingerprint density at radius 3 is 1.72 bits per heavy atom. The van der Waals surface area contributed by atoms with Crippen molar-refractivity contribution in [2.45, 2.75) is 5.38 Å². The summed E-state index contributed by atoms with van der Waals surface area (Å²) in [5, 5.41) is -0.0544. The third kappa shape index (κ3) is 5.03. The summed E-state index contributed by atoms with van der Waals surface area (Å²) in [7, 11) is 0. The van der Waals surface area contributed by atoms with Gasteiger partial charge in [-0.1, -0.05) is 79.4 Å². The number of alkyl halides is 1. The van der Waals surface area contributed by atoms with E-state index >= 15 is 0 Å². The van der Waals surface area contributed by atoms with Crippen LogP contribution in [-0.4, -0.2) is 0 Å². The van der Waals surface area contributed by atoms with Crippen LogP contribution in [-0.2, 0) is 0 Å². The van der Waals surface area contributed by atoms with E-state index in [1.807, 2.05) is 66.7 Å². The minimum Gasteiger partial charge on any atom is -0.113 e. The molecular weight excluding hydrogens is 240 g/mol. The van der Waals surface area contributed by atoms with Crippen LogP contribution in [0.2, 0.25) is 0 Å². The zero-order valence-corrected chi connectivity index (χ0v) is 11.1. The molecule has 0 aliphatic carbocycles. The molecule has 0 nitrogen and oxygen atoms in total. The highest BCUT2D eigenvalue weighted by atomic mass is 35.5. The Morgan fingerprint density at radius 1 is 0.833 bits per heavy atom. The van der Waals surface area contributed by atoms with Gasteiger partial charge in [0.1, 0.15) is 0 Å². The van der Waals surface area contributed by atoms with E-state index < -0.39 is 0 Å². The van der Waals surface area contributed by atoms with Gasteiger partial charge in [-0.2, -0.15) is 0 Å². The van der Waals surface area contributed by atoms with Crippen molar-refractivity contribution in [3.05, 3.63) is 91.0 Å². The Labute approximate surface area is 114 Å². The zero-order valence-electron chi connectivity index (χ0n) is 10.3. The van der Waals surface area contributed by atoms with Gasteiger partial charge < -0.3 is 0 Å². The van der Waals surface area contributed by atoms with Crippen LogP contribution < -0.4 is 0 Å². The summed E-state index contributed by atoms with van der Waals surface area (Å²) < 4.78 is 0. The average molecular weight is 257 g/mol. The van der Waals surface area contributed by atoms with E-state index in [0.29, 0.717) is 0 Å². The van der Waals surface area contributed by atoms with Crippen molar-refractivity contribution < 1.29 is 0 Å². The second-order valence-electron chi connectivity index (χ2n) is 3.66. The quantitative estimate of drug-likeness (QED) is 0.504. The van der Waals surface area contributed by atoms with E-state index in [9.17, 15) is 0 Å². The van der Waals surface area contributed by atoms with Crippen LogP contribution in [0.5, 0.6) is 0 Å². The number of rotatable bonds is 3. The van der Waals surface area contributed by atoms with Crippen molar-refractivity contribution in [2.75, 3.05) is 0 Å². The Morgan fingerprint density at radius 2 is 1.33 bits per heavy atom. The third-order valence-corrected chi connectivity index (χ3v) is 2.79. The largest absolute Gasteiger partial charge is 0.113 e. The van der Waals surface area contributed by atoms with Crippen LogP contribution in [0.25, 0.3) is 6.08 Å². The summed E-state index contributed by atoms with van der Waals surface area (Å²) in [5.74, 6) is 0. The summed E-state index contributed by atoms with van der Waals surface area (Å²) in [6, 6.07) is 19.9. The van der Waals surface area contributed by atoms with Crippen LogP contribution in [0.3, 0.4) is 0 Å². The standard InChI is InChI=1S/C9H9Cl.C8H8/c1-2-9(10)8-6-4-3-5-7-8;1-2-8-6-4-3-5-7-8/h2-7,9H,1H2;2-7H,1H2. The molecule has 0 radical (unpaired) electrons. The molecule has 18 heavy (non-hydrogen) atoms. The second-order valence-corrected chi connectivity index (χ2v) is 4.13. The van der Waals surface area contributed by atoms with Crippen molar-refractivity contribution >= 4 is 17.7 Å². The summed E-state index contributed by atoms with van der Waals surface area (Å²) in [5.41, 5.74) is 2.27. The first kappa shape index (κ1) is 14.3. The molecule has 0 saturated heterocycles. The Bertz CT molecular complexity index is 459. The lowest BCUT2D eigenvalue weighted by Crippen LogP contribution is -1.82. The molecule has 0 N–H and O–H groups in total. The smallest absolute Gasteiger partial charge is 0.0763 e. The fraction of sp³-hybridized carbons (Fsp3) is 0.0588. The second kappa shape index (κ2) is 8.32. The molecule has 2 rings (SSSR count). The Balaban J connectivity index is 0.000000184. The SMILES string of the molecule is C=CC(Cl)c1ccccc1.C=Cc1ccccc1. The molecular formula is C17H17Cl. The molecule has 0 heterocycles. The van der Waals surface area contributed by atoms with Crippen LogP contribution in [0.1, 0.15) is 16.5 Å². The van der Waals surface area contributed by atoms with Gasteiger partial charge in [0.05, 0.1) is 5.38 Å². The Hall–Kier alpha value is -1.79. The molecule has 0 spiro atoms. The van der Waals surface area contributed by atoms with Gasteiger partial charge in [0.25, 0.3) is 0 Å². The molecule has 92 valence electrons. The molecule has 0 saturated carbocycles. The lowest BCUT2D eigenvalue weighted by atomic mass is 10.1. The first-order valence-electron chi connectivity index (χ1n) is 5.77. The molecule has 1 unspecified atom stereocenters. The van der Waals surface area contributed by atoms with Gasteiger partial charge in [-0.25, -0.2) is 0 Å². The van der Waals surface area contributed by atoms with E-state index in [1.165, 1.54) is 5.56 Å². The third-order valence-electron chi connectivity index (χ3n) is 2.36. The van der Waals surface area contributed by atoms with Crippen molar-refractivity contribution in [1.82, 2.24) is 0 Å². The summed E-state index contributed by atoms with van der Waals surface area (Å²) in [6.07, 6.45) is 3.55. The number of hydrogen-bond acceptors (Lipinski definition) is 0. The maximum absolute atomic E-state index is 5.87. The van der Waals surface area contributed by atoms with Gasteiger partial charge in [0, 0.05) is 0 Å². The van der Waals surface area contributed by atoms with Gasteiger partial charge >= 0.3 is 0 Å². The van der Waals surface area contributed by atoms with Gasteiger partial charge in [0.15, 0.2) is 0 Å². The summed E-state index contributed by atoms with van der Waals surface area (Å²) in [4.78, 5) is 0. The van der Waals surface area contributed by atoms with Crippen molar-refractivity contribution in [1.29, 1.82) is 0 Å². The Kier molecular flexibility index (Phi) is 6.60. The fourth-order valence-corrected chi connectivity index (χ4v) is 1.51. The van der Waals surface area contributed by atoms with E-state index in [0.717, 1.165) is 5.56 Å². The van der Waals surface area contributed by atoms with E-state index in [-0.39, 0.29) is 5.38 Å². The average Bonchev–Trinajstić information content (AvgIpc) is 2.49. The van der Waals surface area contributed by atoms with Gasteiger partial charge in [0.2, 0.25) is 0 Å². The minimum atomic E-state index is -0.0544. The minimum absolute atomic E-state index is 0.0544. The van der Waals surface area contributed by atoms with Crippen LogP contribution in [0.15, 0.2) is 79.9 Å². The number of halogens is 1. The maximum atomic E-state index is 5.87. The van der Waals surface area contributed by atoms with Gasteiger partial charge in [-0.3, -0.25) is 0 Å². The molecule has 2 aromatic rings. The predicted molar refractivity (Wildman–Crippen MR) is 81.8 cm³/mol. The van der Waals surface area contributed by atoms with Crippen molar-refractivity contribution in [2.24, 2.45) is 0 Å². The van der Waals surface area contributed by atoms with Crippen molar-refractivity contribution in [3.8, 4) is 0 Å². The molecule has 1 atom stereocenters. The lowest BCUT2D eigenvalue weighted by molar-refractivity contribution is 1.22. The molecule has 0 amide bonds. The van der Waals surface area contributed by atoms with Gasteiger partial charge in [-0.05, 0) is 11.1 Å². The van der Waals surface area contributed by atoms with Crippen LogP contribution in [0.4, 0.5) is 0 Å². The fourth-order valence-electron chi connectivity index (χ4n) is 1.36. The summed E-state index contributed by atoms with van der Waals surface area (Å²) in [6.45, 7) is 7.24. The highest BCUT2D eigenvalue weighted by Gasteiger charge is 1.98. The predicted octanol–water partition coefficient (Wildman–Crippen LogP) is 5.48. The topological polar surface area (TPSA) is 0 Å². The first-order valence-corrected chi connectivity index (χ1v) is 6.20. The van der Waals surface area contributed by atoms with E-state index in [1.54, 1.807) is 6.08 Å². The summed E-state index contributed by atoms with van der Waals surface area (Å²) >= 11 is 5.87. The van der Waals surface area contributed by atoms with Gasteiger partial charge in [-0.15, -0.1) is 18.2 Å². The number of hydrogen-bond donors (Lipinski definition) is 0. The number of benzene rings is 2. The van der Waals surface area contributed by atoms with Crippen molar-refractivity contribution in [3.63, 3.8) is 0 Å². The molecule has 0 aromatic heterocycles. The zero-order chi connectivity index (χ0) is 13.2. The molecule has 0 aliphatic rings. The van der Waals surface area contributed by atoms with E-state index in [2.05, 4.69) is 13.2 Å². The molecule has 0 fully saturated rings. The van der Waals surface area contributed by atoms with E-state index in [4.69, 9.17) is 11.6 Å². The van der Waals surface area contributed by atoms with Crippen LogP contribution >= 0.6 is 11.6 Å².